The first kappa shape index (κ1) is 27.7. The molecule has 0 aromatic heterocycles. The Kier molecular flexibility index (Phi) is 9.57. The zero-order valence-corrected chi connectivity index (χ0v) is 23.8. The Morgan fingerprint density at radius 3 is 1.47 bits per heavy atom. The normalized spacial score (nSPS) is 41.9. The molecule has 4 fully saturated rings. The standard InChI is InChI=1S/C35H52O/c1-27-10-14-29(15-11-27)31-18-23-34(3,24-19-31)22-8-6-5-7-9-33(36)35(4)25-20-32(21-26-35)30-16-12-28(2)13-17-30/h27-33,36H,10-21,23-26H2,1-4H3. The van der Waals surface area contributed by atoms with E-state index in [0.29, 0.717) is 0 Å². The van der Waals surface area contributed by atoms with Crippen molar-refractivity contribution in [1.29, 1.82) is 0 Å². The smallest absolute Gasteiger partial charge is 0.121 e. The Balaban J connectivity index is 1.20. The maximum absolute atomic E-state index is 10.8. The number of aliphatic hydroxyl groups is 1. The molecule has 0 bridgehead atoms. The van der Waals surface area contributed by atoms with Crippen molar-refractivity contribution >= 4 is 0 Å². The SMILES string of the molecule is CC1CCC(C2CCC(C)(C#CC#CC#CC(O)C3(C)CCC(C4CCC(C)CC4)CC3)CC2)CC1. The predicted octanol–water partition coefficient (Wildman–Crippen LogP) is 8.40. The van der Waals surface area contributed by atoms with Crippen LogP contribution >= 0.6 is 0 Å². The van der Waals surface area contributed by atoms with Gasteiger partial charge in [-0.05, 0) is 143 Å². The summed E-state index contributed by atoms with van der Waals surface area (Å²) in [4.78, 5) is 0. The molecule has 4 rings (SSSR count). The third kappa shape index (κ3) is 7.36. The maximum atomic E-state index is 10.8. The second-order valence-corrected chi connectivity index (χ2v) is 14.1. The summed E-state index contributed by atoms with van der Waals surface area (Å²) in [6.07, 6.45) is 20.6. The summed E-state index contributed by atoms with van der Waals surface area (Å²) in [5.41, 5.74) is 0.0316. The van der Waals surface area contributed by atoms with Crippen molar-refractivity contribution in [2.24, 2.45) is 46.3 Å². The van der Waals surface area contributed by atoms with Gasteiger partial charge in [-0.2, -0.15) is 0 Å². The molecule has 0 amide bonds. The number of hydrogen-bond acceptors (Lipinski definition) is 1. The highest BCUT2D eigenvalue weighted by atomic mass is 16.3. The molecule has 4 aliphatic carbocycles. The third-order valence-electron chi connectivity index (χ3n) is 11.2. The molecule has 1 unspecified atom stereocenters. The van der Waals surface area contributed by atoms with Gasteiger partial charge < -0.3 is 5.11 Å². The zero-order valence-electron chi connectivity index (χ0n) is 23.8. The van der Waals surface area contributed by atoms with E-state index < -0.39 is 6.10 Å². The third-order valence-corrected chi connectivity index (χ3v) is 11.2. The lowest BCUT2D eigenvalue weighted by molar-refractivity contribution is 0.0209. The lowest BCUT2D eigenvalue weighted by atomic mass is 9.63. The van der Waals surface area contributed by atoms with Crippen LogP contribution in [0, 0.1) is 81.9 Å². The van der Waals surface area contributed by atoms with Crippen LogP contribution in [0.15, 0.2) is 0 Å². The molecule has 1 heteroatoms. The molecule has 0 aromatic carbocycles. The van der Waals surface area contributed by atoms with E-state index in [2.05, 4.69) is 63.2 Å². The summed E-state index contributed by atoms with van der Waals surface area (Å²) in [6, 6.07) is 0. The van der Waals surface area contributed by atoms with Gasteiger partial charge in [0.05, 0.1) is 0 Å². The first-order chi connectivity index (χ1) is 17.3. The highest BCUT2D eigenvalue weighted by Crippen LogP contribution is 2.47. The van der Waals surface area contributed by atoms with Gasteiger partial charge >= 0.3 is 0 Å². The van der Waals surface area contributed by atoms with Gasteiger partial charge in [0.15, 0.2) is 0 Å². The minimum absolute atomic E-state index is 0.0820. The van der Waals surface area contributed by atoms with Crippen molar-refractivity contribution in [3.8, 4) is 35.5 Å². The fourth-order valence-corrected chi connectivity index (χ4v) is 7.96. The van der Waals surface area contributed by atoms with E-state index in [-0.39, 0.29) is 10.8 Å². The maximum Gasteiger partial charge on any atom is 0.121 e. The Hall–Kier alpha value is -1.36. The molecule has 36 heavy (non-hydrogen) atoms. The van der Waals surface area contributed by atoms with Crippen molar-refractivity contribution in [2.75, 3.05) is 0 Å². The summed E-state index contributed by atoms with van der Waals surface area (Å²) in [5.74, 6) is 24.0. The number of rotatable bonds is 3. The Labute approximate surface area is 223 Å². The van der Waals surface area contributed by atoms with Gasteiger partial charge in [0.2, 0.25) is 0 Å². The molecule has 0 heterocycles. The summed E-state index contributed by atoms with van der Waals surface area (Å²) in [7, 11) is 0. The largest absolute Gasteiger partial charge is 0.380 e. The molecule has 0 aliphatic heterocycles. The molecule has 1 atom stereocenters. The van der Waals surface area contributed by atoms with Crippen LogP contribution in [-0.4, -0.2) is 11.2 Å². The lowest BCUT2D eigenvalue weighted by Gasteiger charge is -2.42. The van der Waals surface area contributed by atoms with Crippen molar-refractivity contribution in [3.05, 3.63) is 0 Å². The minimum Gasteiger partial charge on any atom is -0.380 e. The summed E-state index contributed by atoms with van der Waals surface area (Å²) in [6.45, 7) is 9.37. The van der Waals surface area contributed by atoms with E-state index in [1.54, 1.807) is 0 Å². The Bertz CT molecular complexity index is 877. The molecule has 0 spiro atoms. The number of aliphatic hydroxyl groups excluding tert-OH is 1. The van der Waals surface area contributed by atoms with Crippen LogP contribution in [-0.2, 0) is 0 Å². The molecule has 1 nitrogen and oxygen atoms in total. The van der Waals surface area contributed by atoms with E-state index in [1.165, 1.54) is 89.9 Å². The molecular weight excluding hydrogens is 436 g/mol. The fraction of sp³-hybridized carbons (Fsp3) is 0.829. The van der Waals surface area contributed by atoms with Crippen LogP contribution in [0.2, 0.25) is 0 Å². The van der Waals surface area contributed by atoms with Gasteiger partial charge in [-0.15, -0.1) is 0 Å². The van der Waals surface area contributed by atoms with E-state index in [1.807, 2.05) is 0 Å². The highest BCUT2D eigenvalue weighted by molar-refractivity contribution is 5.37. The van der Waals surface area contributed by atoms with Gasteiger partial charge in [-0.1, -0.05) is 58.3 Å². The fourth-order valence-electron chi connectivity index (χ4n) is 7.96. The summed E-state index contributed by atoms with van der Waals surface area (Å²) >= 11 is 0. The van der Waals surface area contributed by atoms with Crippen LogP contribution in [0.25, 0.3) is 0 Å². The van der Waals surface area contributed by atoms with Crippen molar-refractivity contribution in [2.45, 2.75) is 137 Å². The van der Waals surface area contributed by atoms with Crippen molar-refractivity contribution in [3.63, 3.8) is 0 Å². The van der Waals surface area contributed by atoms with Crippen LogP contribution < -0.4 is 0 Å². The van der Waals surface area contributed by atoms with Crippen molar-refractivity contribution in [1.82, 2.24) is 0 Å². The zero-order chi connectivity index (χ0) is 25.6. The summed E-state index contributed by atoms with van der Waals surface area (Å²) < 4.78 is 0. The van der Waals surface area contributed by atoms with Gasteiger partial charge in [-0.3, -0.25) is 0 Å². The van der Waals surface area contributed by atoms with Gasteiger partial charge in [-0.25, -0.2) is 0 Å². The minimum atomic E-state index is -0.581. The Morgan fingerprint density at radius 2 is 0.972 bits per heavy atom. The second-order valence-electron chi connectivity index (χ2n) is 14.1. The number of hydrogen-bond donors (Lipinski definition) is 1. The first-order valence-corrected chi connectivity index (χ1v) is 15.5. The molecular formula is C35H52O. The lowest BCUT2D eigenvalue weighted by Crippen LogP contribution is -2.37. The van der Waals surface area contributed by atoms with Gasteiger partial charge in [0.1, 0.15) is 6.10 Å². The molecule has 4 aliphatic rings. The van der Waals surface area contributed by atoms with Crippen LogP contribution in [0.3, 0.4) is 0 Å². The van der Waals surface area contributed by atoms with Gasteiger partial charge in [0, 0.05) is 10.8 Å². The predicted molar refractivity (Wildman–Crippen MR) is 152 cm³/mol. The van der Waals surface area contributed by atoms with Crippen molar-refractivity contribution < 1.29 is 5.11 Å². The Morgan fingerprint density at radius 1 is 0.556 bits per heavy atom. The van der Waals surface area contributed by atoms with Crippen LogP contribution in [0.1, 0.15) is 130 Å². The average Bonchev–Trinajstić information content (AvgIpc) is 2.88. The van der Waals surface area contributed by atoms with Crippen LogP contribution in [0.4, 0.5) is 0 Å². The first-order valence-electron chi connectivity index (χ1n) is 15.5. The van der Waals surface area contributed by atoms with Gasteiger partial charge in [0.25, 0.3) is 0 Å². The van der Waals surface area contributed by atoms with Crippen LogP contribution in [0.5, 0.6) is 0 Å². The molecule has 0 saturated heterocycles. The van der Waals surface area contributed by atoms with E-state index >= 15 is 0 Å². The molecule has 0 aromatic rings. The van der Waals surface area contributed by atoms with E-state index in [0.717, 1.165) is 48.3 Å². The molecule has 198 valence electrons. The highest BCUT2D eigenvalue weighted by Gasteiger charge is 2.39. The van der Waals surface area contributed by atoms with E-state index in [4.69, 9.17) is 0 Å². The second kappa shape index (κ2) is 12.5. The molecule has 1 N–H and O–H groups in total. The molecule has 0 radical (unpaired) electrons. The topological polar surface area (TPSA) is 20.2 Å². The monoisotopic (exact) mass is 488 g/mol. The average molecular weight is 489 g/mol. The van der Waals surface area contributed by atoms with E-state index in [9.17, 15) is 5.11 Å². The summed E-state index contributed by atoms with van der Waals surface area (Å²) in [5, 5.41) is 10.8. The quantitative estimate of drug-likeness (QED) is 0.395. The molecule has 4 saturated carbocycles.